The third-order valence-corrected chi connectivity index (χ3v) is 7.47. The molecule has 3 aromatic carbocycles. The van der Waals surface area contributed by atoms with Gasteiger partial charge in [0.05, 0.1) is 22.7 Å². The second-order valence-corrected chi connectivity index (χ2v) is 11.3. The summed E-state index contributed by atoms with van der Waals surface area (Å²) in [6.07, 6.45) is 1.44. The van der Waals surface area contributed by atoms with Gasteiger partial charge in [-0.2, -0.15) is 9.82 Å². The summed E-state index contributed by atoms with van der Waals surface area (Å²) in [6.45, 7) is 5.74. The van der Waals surface area contributed by atoms with Gasteiger partial charge in [-0.1, -0.05) is 61.9 Å². The molecule has 3 aromatic rings. The molecule has 0 aliphatic rings. The van der Waals surface area contributed by atoms with Crippen LogP contribution < -0.4 is 19.6 Å². The molecular weight excluding hydrogens is 558 g/mol. The minimum Gasteiger partial charge on any atom is -0.493 e. The molecule has 0 saturated heterocycles. The Morgan fingerprint density at radius 3 is 2.38 bits per heavy atom. The van der Waals surface area contributed by atoms with Crippen LogP contribution in [0.3, 0.4) is 0 Å². The van der Waals surface area contributed by atoms with E-state index in [4.69, 9.17) is 9.47 Å². The van der Waals surface area contributed by atoms with Crippen LogP contribution in [0.2, 0.25) is 0 Å². The standard InChI is InChI=1S/C27H30BrN3O5S/c1-18(2)25(31-37(33,34)22-12-10-19(3)11-13-22)27(32)30-29-16-21-14-23(28)26(24(15-21)35-4)36-17-20-8-6-5-7-9-20/h5-16,18,25,31H,17H2,1-4H3,(H,30,32)/b29-16-/t25-/m0/s1. The summed E-state index contributed by atoms with van der Waals surface area (Å²) < 4.78 is 40.1. The van der Waals surface area contributed by atoms with Gasteiger partial charge in [0.1, 0.15) is 12.6 Å². The molecule has 0 aromatic heterocycles. The molecule has 0 aliphatic carbocycles. The first kappa shape index (κ1) is 28.4. The molecule has 1 atom stereocenters. The number of nitrogens with zero attached hydrogens (tertiary/aromatic N) is 1. The lowest BCUT2D eigenvalue weighted by molar-refractivity contribution is -0.123. The van der Waals surface area contributed by atoms with Crippen molar-refractivity contribution in [2.75, 3.05) is 7.11 Å². The van der Waals surface area contributed by atoms with Gasteiger partial charge in [-0.05, 0) is 64.2 Å². The molecule has 2 N–H and O–H groups in total. The summed E-state index contributed by atoms with van der Waals surface area (Å²) >= 11 is 3.50. The molecule has 0 unspecified atom stereocenters. The predicted molar refractivity (Wildman–Crippen MR) is 147 cm³/mol. The number of aryl methyl sites for hydroxylation is 1. The van der Waals surface area contributed by atoms with E-state index < -0.39 is 22.0 Å². The van der Waals surface area contributed by atoms with Crippen molar-refractivity contribution < 1.29 is 22.7 Å². The number of ether oxygens (including phenoxy) is 2. The van der Waals surface area contributed by atoms with E-state index in [1.807, 2.05) is 37.3 Å². The van der Waals surface area contributed by atoms with Crippen LogP contribution in [0.15, 0.2) is 81.2 Å². The summed E-state index contributed by atoms with van der Waals surface area (Å²) in [5, 5.41) is 4.02. The number of hydrogen-bond donors (Lipinski definition) is 2. The third-order valence-electron chi connectivity index (χ3n) is 5.43. The lowest BCUT2D eigenvalue weighted by Crippen LogP contribution is -2.48. The molecule has 0 heterocycles. The highest BCUT2D eigenvalue weighted by atomic mass is 79.9. The first-order chi connectivity index (χ1) is 17.6. The van der Waals surface area contributed by atoms with Crippen LogP contribution in [0.5, 0.6) is 11.5 Å². The van der Waals surface area contributed by atoms with Gasteiger partial charge in [-0.25, -0.2) is 13.8 Å². The van der Waals surface area contributed by atoms with Gasteiger partial charge < -0.3 is 9.47 Å². The zero-order valence-electron chi connectivity index (χ0n) is 21.1. The van der Waals surface area contributed by atoms with E-state index in [0.29, 0.717) is 28.1 Å². The van der Waals surface area contributed by atoms with Gasteiger partial charge in [0.2, 0.25) is 10.0 Å². The van der Waals surface area contributed by atoms with E-state index in [9.17, 15) is 13.2 Å². The molecule has 3 rings (SSSR count). The fraction of sp³-hybridized carbons (Fsp3) is 0.259. The SMILES string of the molecule is COc1cc(/C=N\NC(=O)[C@@H](NS(=O)(=O)c2ccc(C)cc2)C(C)C)cc(Br)c1OCc1ccccc1. The van der Waals surface area contributed by atoms with Crippen molar-refractivity contribution in [3.8, 4) is 11.5 Å². The van der Waals surface area contributed by atoms with Crippen molar-refractivity contribution >= 4 is 38.1 Å². The second kappa shape index (κ2) is 12.8. The maximum atomic E-state index is 12.8. The molecular formula is C27H30BrN3O5S. The number of methoxy groups -OCH3 is 1. The number of rotatable bonds is 11. The lowest BCUT2D eigenvalue weighted by Gasteiger charge is -2.20. The Hall–Kier alpha value is -3.21. The number of sulfonamides is 1. The van der Waals surface area contributed by atoms with Crippen LogP contribution in [-0.4, -0.2) is 33.7 Å². The fourth-order valence-corrected chi connectivity index (χ4v) is 5.29. The van der Waals surface area contributed by atoms with Crippen LogP contribution in [0.4, 0.5) is 0 Å². The van der Waals surface area contributed by atoms with E-state index in [1.165, 1.54) is 25.5 Å². The van der Waals surface area contributed by atoms with Crippen molar-refractivity contribution in [2.45, 2.75) is 38.3 Å². The number of hydrazone groups is 1. The summed E-state index contributed by atoms with van der Waals surface area (Å²) in [5.74, 6) is 0.142. The Balaban J connectivity index is 1.69. The highest BCUT2D eigenvalue weighted by Crippen LogP contribution is 2.36. The molecule has 196 valence electrons. The Bertz CT molecular complexity index is 1340. The molecule has 0 saturated carbocycles. The van der Waals surface area contributed by atoms with E-state index in [0.717, 1.165) is 11.1 Å². The van der Waals surface area contributed by atoms with E-state index in [-0.39, 0.29) is 10.8 Å². The van der Waals surface area contributed by atoms with Crippen LogP contribution in [-0.2, 0) is 21.4 Å². The van der Waals surface area contributed by atoms with E-state index in [1.54, 1.807) is 38.1 Å². The number of carbonyl (C=O) groups excluding carboxylic acids is 1. The minimum atomic E-state index is -3.89. The van der Waals surface area contributed by atoms with Crippen LogP contribution >= 0.6 is 15.9 Å². The van der Waals surface area contributed by atoms with Gasteiger partial charge in [0.25, 0.3) is 5.91 Å². The Morgan fingerprint density at radius 2 is 1.76 bits per heavy atom. The quantitative estimate of drug-likeness (QED) is 0.247. The highest BCUT2D eigenvalue weighted by Gasteiger charge is 2.28. The first-order valence-corrected chi connectivity index (χ1v) is 13.8. The van der Waals surface area contributed by atoms with Crippen LogP contribution in [0, 0.1) is 12.8 Å². The zero-order valence-corrected chi connectivity index (χ0v) is 23.5. The number of carbonyl (C=O) groups is 1. The summed E-state index contributed by atoms with van der Waals surface area (Å²) in [5.41, 5.74) is 5.02. The molecule has 37 heavy (non-hydrogen) atoms. The maximum absolute atomic E-state index is 12.8. The van der Waals surface area contributed by atoms with Gasteiger partial charge in [-0.15, -0.1) is 0 Å². The van der Waals surface area contributed by atoms with Crippen LogP contribution in [0.25, 0.3) is 0 Å². The average molecular weight is 589 g/mol. The van der Waals surface area contributed by atoms with Crippen molar-refractivity contribution in [1.29, 1.82) is 0 Å². The highest BCUT2D eigenvalue weighted by molar-refractivity contribution is 9.10. The number of hydrogen-bond acceptors (Lipinski definition) is 6. The van der Waals surface area contributed by atoms with Crippen molar-refractivity contribution in [1.82, 2.24) is 10.1 Å². The average Bonchev–Trinajstić information content (AvgIpc) is 2.87. The van der Waals surface area contributed by atoms with E-state index >= 15 is 0 Å². The third kappa shape index (κ3) is 7.88. The normalized spacial score (nSPS) is 12.5. The molecule has 1 amide bonds. The summed E-state index contributed by atoms with van der Waals surface area (Å²) in [6, 6.07) is 18.7. The van der Waals surface area contributed by atoms with Crippen molar-refractivity contribution in [2.24, 2.45) is 11.0 Å². The lowest BCUT2D eigenvalue weighted by atomic mass is 10.1. The summed E-state index contributed by atoms with van der Waals surface area (Å²) in [7, 11) is -2.35. The van der Waals surface area contributed by atoms with E-state index in [2.05, 4.69) is 31.2 Å². The fourth-order valence-electron chi connectivity index (χ4n) is 3.37. The molecule has 0 bridgehead atoms. The Labute approximate surface area is 226 Å². The molecule has 0 aliphatic heterocycles. The number of nitrogens with one attached hydrogen (secondary N) is 2. The minimum absolute atomic E-state index is 0.0894. The second-order valence-electron chi connectivity index (χ2n) is 8.70. The maximum Gasteiger partial charge on any atom is 0.258 e. The first-order valence-electron chi connectivity index (χ1n) is 11.6. The number of benzene rings is 3. The Morgan fingerprint density at radius 1 is 1.08 bits per heavy atom. The van der Waals surface area contributed by atoms with Crippen molar-refractivity contribution in [3.63, 3.8) is 0 Å². The smallest absolute Gasteiger partial charge is 0.258 e. The van der Waals surface area contributed by atoms with Crippen molar-refractivity contribution in [3.05, 3.63) is 87.9 Å². The number of amides is 1. The van der Waals surface area contributed by atoms with Gasteiger partial charge >= 0.3 is 0 Å². The van der Waals surface area contributed by atoms with Gasteiger partial charge in [-0.3, -0.25) is 4.79 Å². The molecule has 0 spiro atoms. The molecule has 0 fully saturated rings. The van der Waals surface area contributed by atoms with Crippen LogP contribution in [0.1, 0.15) is 30.5 Å². The molecule has 8 nitrogen and oxygen atoms in total. The Kier molecular flexibility index (Phi) is 9.85. The van der Waals surface area contributed by atoms with Gasteiger partial charge in [0, 0.05) is 0 Å². The zero-order chi connectivity index (χ0) is 27.0. The van der Waals surface area contributed by atoms with Gasteiger partial charge in [0.15, 0.2) is 11.5 Å². The monoisotopic (exact) mass is 587 g/mol. The predicted octanol–water partition coefficient (Wildman–Crippen LogP) is 4.80. The molecule has 0 radical (unpaired) electrons. The summed E-state index contributed by atoms with van der Waals surface area (Å²) in [4.78, 5) is 12.9. The molecule has 10 heteroatoms. The number of halogens is 1. The topological polar surface area (TPSA) is 106 Å². The largest absolute Gasteiger partial charge is 0.493 e.